The van der Waals surface area contributed by atoms with Gasteiger partial charge in [-0.15, -0.1) is 0 Å². The van der Waals surface area contributed by atoms with Crippen molar-refractivity contribution in [2.24, 2.45) is 5.92 Å². The van der Waals surface area contributed by atoms with Gasteiger partial charge >= 0.3 is 0 Å². The van der Waals surface area contributed by atoms with E-state index in [9.17, 15) is 4.79 Å². The maximum atomic E-state index is 12.1. The van der Waals surface area contributed by atoms with Gasteiger partial charge < -0.3 is 4.90 Å². The van der Waals surface area contributed by atoms with E-state index in [4.69, 9.17) is 0 Å². The van der Waals surface area contributed by atoms with Gasteiger partial charge in [-0.1, -0.05) is 28.1 Å². The topological polar surface area (TPSA) is 20.3 Å². The summed E-state index contributed by atoms with van der Waals surface area (Å²) in [6, 6.07) is 0.544. The SMILES string of the molecule is O=C1C2=CC=C(Br)CC2CN1C1CCC1. The second-order valence-electron chi connectivity index (χ2n) is 4.68. The first-order chi connectivity index (χ1) is 7.25. The van der Waals surface area contributed by atoms with Gasteiger partial charge in [-0.05, 0) is 30.2 Å². The first-order valence-corrected chi connectivity index (χ1v) is 6.42. The monoisotopic (exact) mass is 267 g/mol. The number of rotatable bonds is 1. The summed E-state index contributed by atoms with van der Waals surface area (Å²) in [4.78, 5) is 14.2. The van der Waals surface area contributed by atoms with Crippen molar-refractivity contribution in [2.45, 2.75) is 31.7 Å². The average Bonchev–Trinajstić information content (AvgIpc) is 2.41. The molecule has 1 saturated heterocycles. The minimum Gasteiger partial charge on any atom is -0.335 e. The Bertz CT molecular complexity index is 368. The second-order valence-corrected chi connectivity index (χ2v) is 5.70. The maximum Gasteiger partial charge on any atom is 0.250 e. The lowest BCUT2D eigenvalue weighted by Gasteiger charge is -2.34. The molecule has 15 heavy (non-hydrogen) atoms. The zero-order chi connectivity index (χ0) is 10.4. The van der Waals surface area contributed by atoms with Gasteiger partial charge in [0, 0.05) is 24.1 Å². The van der Waals surface area contributed by atoms with E-state index in [1.807, 2.05) is 12.2 Å². The van der Waals surface area contributed by atoms with Crippen LogP contribution in [0.1, 0.15) is 25.7 Å². The normalized spacial score (nSPS) is 30.9. The third-order valence-electron chi connectivity index (χ3n) is 3.77. The van der Waals surface area contributed by atoms with Gasteiger partial charge in [-0.25, -0.2) is 0 Å². The highest BCUT2D eigenvalue weighted by Crippen LogP contribution is 2.38. The molecular formula is C12H14BrNO. The fourth-order valence-electron chi connectivity index (χ4n) is 2.64. The summed E-state index contributed by atoms with van der Waals surface area (Å²) in [5.41, 5.74) is 1.03. The molecule has 1 unspecified atom stereocenters. The third-order valence-corrected chi connectivity index (χ3v) is 4.35. The van der Waals surface area contributed by atoms with Crippen molar-refractivity contribution in [3.05, 3.63) is 22.2 Å². The Morgan fingerprint density at radius 1 is 1.33 bits per heavy atom. The van der Waals surface area contributed by atoms with E-state index in [-0.39, 0.29) is 0 Å². The Balaban J connectivity index is 1.82. The molecule has 0 radical (unpaired) electrons. The summed E-state index contributed by atoms with van der Waals surface area (Å²) in [5.74, 6) is 0.735. The maximum absolute atomic E-state index is 12.1. The van der Waals surface area contributed by atoms with Crippen LogP contribution < -0.4 is 0 Å². The van der Waals surface area contributed by atoms with Crippen LogP contribution >= 0.6 is 15.9 Å². The van der Waals surface area contributed by atoms with Crippen molar-refractivity contribution >= 4 is 21.8 Å². The number of nitrogens with zero attached hydrogens (tertiary/aromatic N) is 1. The van der Waals surface area contributed by atoms with Gasteiger partial charge in [0.2, 0.25) is 5.91 Å². The van der Waals surface area contributed by atoms with Gasteiger partial charge in [0.05, 0.1) is 0 Å². The molecule has 0 spiro atoms. The molecule has 3 rings (SSSR count). The smallest absolute Gasteiger partial charge is 0.250 e. The molecule has 1 aliphatic heterocycles. The van der Waals surface area contributed by atoms with Gasteiger partial charge in [-0.3, -0.25) is 4.79 Å². The molecule has 2 fully saturated rings. The van der Waals surface area contributed by atoms with E-state index in [0.717, 1.165) is 18.5 Å². The Morgan fingerprint density at radius 2 is 2.13 bits per heavy atom. The average molecular weight is 268 g/mol. The number of likely N-dealkylation sites (tertiary alicyclic amines) is 1. The molecule has 3 heteroatoms. The first kappa shape index (κ1) is 9.64. The van der Waals surface area contributed by atoms with Crippen LogP contribution in [0.5, 0.6) is 0 Å². The van der Waals surface area contributed by atoms with Gasteiger partial charge in [0.1, 0.15) is 0 Å². The van der Waals surface area contributed by atoms with Crippen LogP contribution in [0.15, 0.2) is 22.2 Å². The van der Waals surface area contributed by atoms with Crippen LogP contribution in [0.4, 0.5) is 0 Å². The molecule has 1 heterocycles. The van der Waals surface area contributed by atoms with Crippen molar-refractivity contribution in [3.63, 3.8) is 0 Å². The highest BCUT2D eigenvalue weighted by molar-refractivity contribution is 9.11. The first-order valence-electron chi connectivity index (χ1n) is 5.63. The molecule has 0 N–H and O–H groups in total. The predicted molar refractivity (Wildman–Crippen MR) is 62.6 cm³/mol. The summed E-state index contributed by atoms with van der Waals surface area (Å²) in [7, 11) is 0. The van der Waals surface area contributed by atoms with Gasteiger partial charge in [0.15, 0.2) is 0 Å². The van der Waals surface area contributed by atoms with Gasteiger partial charge in [-0.2, -0.15) is 0 Å². The zero-order valence-corrected chi connectivity index (χ0v) is 10.2. The van der Waals surface area contributed by atoms with Crippen molar-refractivity contribution in [1.29, 1.82) is 0 Å². The van der Waals surface area contributed by atoms with Crippen LogP contribution in [0.2, 0.25) is 0 Å². The largest absolute Gasteiger partial charge is 0.335 e. The molecule has 0 bridgehead atoms. The number of halogens is 1. The molecule has 1 saturated carbocycles. The van der Waals surface area contributed by atoms with E-state index in [1.165, 1.54) is 23.7 Å². The van der Waals surface area contributed by atoms with Crippen LogP contribution in [0.25, 0.3) is 0 Å². The van der Waals surface area contributed by atoms with Crippen LogP contribution in [-0.2, 0) is 4.79 Å². The lowest BCUT2D eigenvalue weighted by molar-refractivity contribution is -0.128. The van der Waals surface area contributed by atoms with E-state index in [2.05, 4.69) is 20.8 Å². The van der Waals surface area contributed by atoms with E-state index in [0.29, 0.717) is 17.9 Å². The fourth-order valence-corrected chi connectivity index (χ4v) is 3.16. The Morgan fingerprint density at radius 3 is 2.80 bits per heavy atom. The minimum absolute atomic E-state index is 0.293. The molecule has 2 aliphatic carbocycles. The lowest BCUT2D eigenvalue weighted by atomic mass is 9.92. The number of hydrogen-bond donors (Lipinski definition) is 0. The quantitative estimate of drug-likeness (QED) is 0.715. The van der Waals surface area contributed by atoms with Crippen molar-refractivity contribution < 1.29 is 4.79 Å². The van der Waals surface area contributed by atoms with Crippen molar-refractivity contribution in [3.8, 4) is 0 Å². The highest BCUT2D eigenvalue weighted by atomic mass is 79.9. The number of allylic oxidation sites excluding steroid dienone is 3. The molecule has 0 aromatic rings. The van der Waals surface area contributed by atoms with Crippen molar-refractivity contribution in [2.75, 3.05) is 6.54 Å². The molecule has 0 aromatic carbocycles. The number of fused-ring (bicyclic) bond motifs is 1. The summed E-state index contributed by atoms with van der Waals surface area (Å²) in [5, 5.41) is 0. The zero-order valence-electron chi connectivity index (χ0n) is 8.58. The molecule has 0 aromatic heterocycles. The van der Waals surface area contributed by atoms with E-state index >= 15 is 0 Å². The van der Waals surface area contributed by atoms with Crippen molar-refractivity contribution in [1.82, 2.24) is 4.90 Å². The Hall–Kier alpha value is -0.570. The van der Waals surface area contributed by atoms with Crippen LogP contribution in [0.3, 0.4) is 0 Å². The van der Waals surface area contributed by atoms with E-state index in [1.54, 1.807) is 0 Å². The Labute approximate surface area is 98.1 Å². The van der Waals surface area contributed by atoms with Crippen LogP contribution in [-0.4, -0.2) is 23.4 Å². The summed E-state index contributed by atoms with van der Waals surface area (Å²) >= 11 is 3.52. The molecule has 80 valence electrons. The molecule has 1 amide bonds. The molecule has 2 nitrogen and oxygen atoms in total. The summed E-state index contributed by atoms with van der Waals surface area (Å²) in [6.07, 6.45) is 8.73. The van der Waals surface area contributed by atoms with Gasteiger partial charge in [0.25, 0.3) is 0 Å². The second kappa shape index (κ2) is 3.48. The number of carbonyl (C=O) groups excluding carboxylic acids is 1. The van der Waals surface area contributed by atoms with Crippen LogP contribution in [0, 0.1) is 5.92 Å². The number of carbonyl (C=O) groups is 1. The third kappa shape index (κ3) is 1.48. The number of hydrogen-bond acceptors (Lipinski definition) is 1. The predicted octanol–water partition coefficient (Wildman–Crippen LogP) is 2.61. The Kier molecular flexibility index (Phi) is 2.23. The minimum atomic E-state index is 0.293. The molecular weight excluding hydrogens is 254 g/mol. The fraction of sp³-hybridized carbons (Fsp3) is 0.583. The lowest BCUT2D eigenvalue weighted by Crippen LogP contribution is -2.41. The summed E-state index contributed by atoms with van der Waals surface area (Å²) < 4.78 is 1.22. The summed E-state index contributed by atoms with van der Waals surface area (Å²) in [6.45, 7) is 0.943. The highest BCUT2D eigenvalue weighted by Gasteiger charge is 2.40. The molecule has 1 atom stereocenters. The van der Waals surface area contributed by atoms with E-state index < -0.39 is 0 Å². The number of amides is 1. The molecule has 3 aliphatic rings. The standard InChI is InChI=1S/C12H14BrNO/c13-9-4-5-11-8(6-9)7-14(12(11)15)10-2-1-3-10/h4-5,8,10H,1-3,6-7H2.